The zero-order valence-electron chi connectivity index (χ0n) is 64.7. The van der Waals surface area contributed by atoms with Crippen molar-refractivity contribution in [3.8, 4) is 5.75 Å². The highest BCUT2D eigenvalue weighted by Crippen LogP contribution is 2.46. The van der Waals surface area contributed by atoms with Crippen molar-refractivity contribution in [2.24, 2.45) is 5.92 Å². The SMILES string of the molecule is C=C1CCC(Cc2ccc(C(C)(C)C)nc2)C(=O)N1.C=C1CCC(N(C)c2ccc(C(C)(C)C)nc2)C(=O)N1.C=C1CCC(Oc2ccc(C(C)(C)C)nc2)C(=O)N1.C=C1N(C)c2cc(C(C)(C)C)ccc2N1C1CCC(=O)NC1=O.C=C1N(C)c2ccc(C(C)(C)C)cc2N1C1CCC(=O)NC1=O. The summed E-state index contributed by atoms with van der Waals surface area (Å²) in [4.78, 5) is 106. The van der Waals surface area contributed by atoms with E-state index in [0.29, 0.717) is 37.9 Å². The van der Waals surface area contributed by atoms with Gasteiger partial charge in [-0.05, 0) is 140 Å². The number of hydrogen-bond acceptors (Lipinski definition) is 16. The maximum absolute atomic E-state index is 12.3. The molecule has 5 atom stereocenters. The number of amides is 7. The van der Waals surface area contributed by atoms with Crippen molar-refractivity contribution in [1.82, 2.24) is 41.5 Å². The summed E-state index contributed by atoms with van der Waals surface area (Å²) < 4.78 is 5.67. The summed E-state index contributed by atoms with van der Waals surface area (Å²) in [5, 5.41) is 13.2. The molecule has 5 saturated heterocycles. The van der Waals surface area contributed by atoms with Crippen molar-refractivity contribution in [1.29, 1.82) is 0 Å². The first kappa shape index (κ1) is 79.8. The Morgan fingerprint density at radius 1 is 0.442 bits per heavy atom. The van der Waals surface area contributed by atoms with Gasteiger partial charge in [0.15, 0.2) is 6.10 Å². The fourth-order valence-corrected chi connectivity index (χ4v) is 12.9. The number of carbonyl (C=O) groups excluding carboxylic acids is 7. The lowest BCUT2D eigenvalue weighted by Gasteiger charge is -2.32. The lowest BCUT2D eigenvalue weighted by molar-refractivity contribution is -0.135. The van der Waals surface area contributed by atoms with Crippen LogP contribution < -0.4 is 55.8 Å². The molecule has 2 aromatic carbocycles. The van der Waals surface area contributed by atoms with Gasteiger partial charge in [0, 0.05) is 96.5 Å². The summed E-state index contributed by atoms with van der Waals surface area (Å²) in [7, 11) is 5.84. The van der Waals surface area contributed by atoms with Crippen molar-refractivity contribution < 1.29 is 38.3 Å². The Labute approximate surface area is 616 Å². The molecule has 3 aromatic heterocycles. The molecular formula is C83H111N13O8. The Kier molecular flexibility index (Phi) is 24.5. The molecule has 104 heavy (non-hydrogen) atoms. The summed E-state index contributed by atoms with van der Waals surface area (Å²) in [6.07, 6.45) is 12.3. The zero-order valence-corrected chi connectivity index (χ0v) is 64.7. The minimum atomic E-state index is -0.451. The second-order valence-electron chi connectivity index (χ2n) is 33.1. The van der Waals surface area contributed by atoms with Crippen LogP contribution in [0.5, 0.6) is 5.75 Å². The van der Waals surface area contributed by atoms with Crippen LogP contribution in [0.15, 0.2) is 153 Å². The van der Waals surface area contributed by atoms with Crippen LogP contribution in [0.1, 0.15) is 202 Å². The number of piperidine rings is 5. The molecule has 0 saturated carbocycles. The van der Waals surface area contributed by atoms with Crippen molar-refractivity contribution in [2.75, 3.05) is 45.6 Å². The molecule has 7 aliphatic rings. The van der Waals surface area contributed by atoms with Crippen LogP contribution in [-0.2, 0) is 67.1 Å². The van der Waals surface area contributed by atoms with Gasteiger partial charge in [0.05, 0.1) is 40.8 Å². The molecule has 0 bridgehead atoms. The Hall–Kier alpha value is -9.92. The minimum absolute atomic E-state index is 0.0124. The van der Waals surface area contributed by atoms with E-state index in [2.05, 4.69) is 221 Å². The van der Waals surface area contributed by atoms with Crippen LogP contribution in [-0.4, -0.2) is 102 Å². The van der Waals surface area contributed by atoms with Gasteiger partial charge < -0.3 is 45.2 Å². The van der Waals surface area contributed by atoms with Gasteiger partial charge in [0.1, 0.15) is 35.5 Å². The third-order valence-electron chi connectivity index (χ3n) is 19.6. The average Bonchev–Trinajstić information content (AvgIpc) is 1.60. The van der Waals surface area contributed by atoms with E-state index in [9.17, 15) is 33.6 Å². The first-order chi connectivity index (χ1) is 48.4. The topological polar surface area (TPSA) is 244 Å². The number of imide groups is 2. The fraction of sp³-hybridized carbons (Fsp3) is 0.470. The van der Waals surface area contributed by atoms with Gasteiger partial charge in [0.25, 0.3) is 5.91 Å². The molecule has 0 spiro atoms. The fourth-order valence-electron chi connectivity index (χ4n) is 12.9. The van der Waals surface area contributed by atoms with Crippen molar-refractivity contribution >= 4 is 69.8 Å². The maximum Gasteiger partial charge on any atom is 0.265 e. The maximum atomic E-state index is 12.3. The number of pyridine rings is 3. The average molecular weight is 1420 g/mol. The molecule has 5 unspecified atom stereocenters. The predicted molar refractivity (Wildman–Crippen MR) is 415 cm³/mol. The van der Waals surface area contributed by atoms with Gasteiger partial charge >= 0.3 is 0 Å². The largest absolute Gasteiger partial charge is 0.479 e. The van der Waals surface area contributed by atoms with Gasteiger partial charge in [-0.1, -0.05) is 155 Å². The standard InChI is InChI=1S/2C18H23N3O2.C16H23N3O.C16H22N2O.C15H20N2O2/c1-11-20(5)15-10-12(18(2,3)4)6-7-13(15)21(11)14-8-9-16(22)19-17(14)23;1-11-20(5)13-7-6-12(18(2,3)4)10-15(13)21(11)14-8-9-16(22)19-17(14)23;1-11-6-8-13(15(20)18-11)19(5)12-7-9-14(17-10-12)16(2,3)4;1-11-5-7-13(15(19)18-11)9-12-6-8-14(17-10-12)16(2,3)4;1-10-5-7-12(14(18)17-10)19-11-6-8-13(16-9-11)15(2,3)4/h2*6-7,10,14H,1,8-9H2,2-5H3,(H,19,22,23);7,9-10,13H,1,6,8H2,2-5H3,(H,18,20);6,8,10,13H,1,5,7,9H2,2-4H3,(H,18,19);6,8-9,12H,1,5,7H2,2-4H3,(H,17,18). The third-order valence-corrected chi connectivity index (χ3v) is 19.6. The second kappa shape index (κ2) is 32.0. The number of rotatable bonds is 8. The quantitative estimate of drug-likeness (QED) is 0.0907. The molecule has 0 aliphatic carbocycles. The van der Waals surface area contributed by atoms with E-state index in [0.717, 1.165) is 118 Å². The molecule has 21 nitrogen and oxygen atoms in total. The predicted octanol–water partition coefficient (Wildman–Crippen LogP) is 13.2. The molecule has 5 aromatic rings. The number of carbonyl (C=O) groups is 7. The number of nitrogens with one attached hydrogen (secondary N) is 5. The van der Waals surface area contributed by atoms with Crippen molar-refractivity contribution in [2.45, 2.75) is 226 Å². The molecular weight excluding hydrogens is 1310 g/mol. The molecule has 10 heterocycles. The summed E-state index contributed by atoms with van der Waals surface area (Å²) in [6, 6.07) is 23.7. The second-order valence-corrected chi connectivity index (χ2v) is 33.1. The summed E-state index contributed by atoms with van der Waals surface area (Å²) in [6.45, 7) is 51.8. The molecule has 5 fully saturated rings. The molecule has 5 N–H and O–H groups in total. The number of benzene rings is 2. The Bertz CT molecular complexity index is 4010. The highest BCUT2D eigenvalue weighted by molar-refractivity contribution is 6.04. The lowest BCUT2D eigenvalue weighted by atomic mass is 9.86. The number of likely N-dealkylation sites (N-methyl/N-ethyl adjacent to an activating group) is 1. The van der Waals surface area contributed by atoms with Crippen LogP contribution in [0.3, 0.4) is 0 Å². The van der Waals surface area contributed by atoms with Gasteiger partial charge in [-0.2, -0.15) is 0 Å². The van der Waals surface area contributed by atoms with Gasteiger partial charge in [0.2, 0.25) is 35.4 Å². The highest BCUT2D eigenvalue weighted by Gasteiger charge is 2.42. The molecule has 7 aliphatic heterocycles. The Balaban J connectivity index is 0.000000165. The summed E-state index contributed by atoms with van der Waals surface area (Å²) >= 11 is 0. The van der Waals surface area contributed by atoms with Crippen molar-refractivity contribution in [3.63, 3.8) is 0 Å². The first-order valence-electron chi connectivity index (χ1n) is 36.0. The number of allylic oxidation sites excluding steroid dienone is 3. The number of aromatic nitrogens is 3. The smallest absolute Gasteiger partial charge is 0.265 e. The highest BCUT2D eigenvalue weighted by atomic mass is 16.5. The molecule has 12 rings (SSSR count). The van der Waals surface area contributed by atoms with Crippen LogP contribution in [0.4, 0.5) is 28.4 Å². The monoisotopic (exact) mass is 1420 g/mol. The number of nitrogens with zero attached hydrogens (tertiary/aromatic N) is 8. The van der Waals surface area contributed by atoms with Gasteiger partial charge in [-0.25, -0.2) is 0 Å². The minimum Gasteiger partial charge on any atom is -0.479 e. The van der Waals surface area contributed by atoms with E-state index in [-0.39, 0.29) is 92.5 Å². The van der Waals surface area contributed by atoms with Crippen LogP contribution in [0.2, 0.25) is 0 Å². The van der Waals surface area contributed by atoms with E-state index in [1.807, 2.05) is 88.4 Å². The Morgan fingerprint density at radius 2 is 0.885 bits per heavy atom. The van der Waals surface area contributed by atoms with Gasteiger partial charge in [-0.15, -0.1) is 0 Å². The summed E-state index contributed by atoms with van der Waals surface area (Å²) in [5.41, 5.74) is 14.3. The van der Waals surface area contributed by atoms with E-state index in [1.165, 1.54) is 11.1 Å². The lowest BCUT2D eigenvalue weighted by Crippen LogP contribution is -2.52. The third kappa shape index (κ3) is 19.7. The number of anilines is 5. The Morgan fingerprint density at radius 3 is 1.33 bits per heavy atom. The first-order valence-corrected chi connectivity index (χ1v) is 36.0. The van der Waals surface area contributed by atoms with E-state index in [4.69, 9.17) is 4.74 Å². The van der Waals surface area contributed by atoms with Crippen LogP contribution >= 0.6 is 0 Å². The molecule has 7 amide bonds. The van der Waals surface area contributed by atoms with Gasteiger partial charge in [-0.3, -0.25) is 59.1 Å². The van der Waals surface area contributed by atoms with E-state index >= 15 is 0 Å². The molecule has 21 heteroatoms. The van der Waals surface area contributed by atoms with Crippen LogP contribution in [0, 0.1) is 5.92 Å². The van der Waals surface area contributed by atoms with E-state index in [1.54, 1.807) is 6.20 Å². The van der Waals surface area contributed by atoms with Crippen LogP contribution in [0.25, 0.3) is 0 Å². The molecule has 0 radical (unpaired) electrons. The summed E-state index contributed by atoms with van der Waals surface area (Å²) in [5.74, 6) is 1.29. The number of ether oxygens (including phenoxy) is 1. The number of hydrogen-bond donors (Lipinski definition) is 5. The van der Waals surface area contributed by atoms with E-state index < -0.39 is 6.10 Å². The number of fused-ring (bicyclic) bond motifs is 2. The van der Waals surface area contributed by atoms with Crippen molar-refractivity contribution in [3.05, 3.63) is 187 Å². The molecule has 556 valence electrons. The zero-order chi connectivity index (χ0) is 76.9. The normalized spacial score (nSPS) is 20.7.